The second-order valence-electron chi connectivity index (χ2n) is 6.91. The molecule has 160 valence electrons. The van der Waals surface area contributed by atoms with Gasteiger partial charge < -0.3 is 10.1 Å². The van der Waals surface area contributed by atoms with Crippen LogP contribution in [0.25, 0.3) is 10.9 Å². The van der Waals surface area contributed by atoms with E-state index in [1.165, 1.54) is 6.20 Å². The van der Waals surface area contributed by atoms with Gasteiger partial charge in [0, 0.05) is 36.1 Å². The van der Waals surface area contributed by atoms with Crippen molar-refractivity contribution in [2.75, 3.05) is 13.2 Å². The molecule has 3 rings (SSSR count). The van der Waals surface area contributed by atoms with Gasteiger partial charge in [0.05, 0.1) is 24.2 Å². The summed E-state index contributed by atoms with van der Waals surface area (Å²) in [5.74, 6) is -0.148. The third-order valence-corrected chi connectivity index (χ3v) is 4.27. The molecule has 1 N–H and O–H groups in total. The highest BCUT2D eigenvalue weighted by Gasteiger charge is 2.29. The zero-order chi connectivity index (χ0) is 21.7. The minimum atomic E-state index is -4.42. The van der Waals surface area contributed by atoms with Crippen LogP contribution in [0.1, 0.15) is 30.2 Å². The highest BCUT2D eigenvalue weighted by atomic mass is 19.4. The van der Waals surface area contributed by atoms with Crippen molar-refractivity contribution in [3.05, 3.63) is 47.5 Å². The smallest absolute Gasteiger partial charge is 0.422 e. The molecule has 3 aromatic heterocycles. The molecule has 0 aliphatic rings. The first-order chi connectivity index (χ1) is 14.2. The molecule has 10 heteroatoms. The Morgan fingerprint density at radius 2 is 2.10 bits per heavy atom. The van der Waals surface area contributed by atoms with Crippen LogP contribution < -0.4 is 10.1 Å². The van der Waals surface area contributed by atoms with Gasteiger partial charge in [0.2, 0.25) is 11.8 Å². The van der Waals surface area contributed by atoms with Gasteiger partial charge in [-0.3, -0.25) is 14.5 Å². The lowest BCUT2D eigenvalue weighted by atomic mass is 10.2. The topological polar surface area (TPSA) is 81.9 Å². The molecule has 0 aromatic carbocycles. The molecule has 0 fully saturated rings. The Morgan fingerprint density at radius 3 is 2.80 bits per heavy atom. The molecule has 0 saturated heterocycles. The number of pyridine rings is 2. The molecule has 1 amide bonds. The number of hydrogen-bond donors (Lipinski definition) is 1. The third kappa shape index (κ3) is 5.68. The van der Waals surface area contributed by atoms with Crippen LogP contribution in [0, 0.1) is 6.92 Å². The van der Waals surface area contributed by atoms with E-state index < -0.39 is 12.8 Å². The minimum absolute atomic E-state index is 0.0497. The molecule has 0 spiro atoms. The molecular formula is C20H22F3N5O2. The molecule has 0 aliphatic heterocycles. The van der Waals surface area contributed by atoms with Gasteiger partial charge >= 0.3 is 6.18 Å². The van der Waals surface area contributed by atoms with E-state index in [9.17, 15) is 18.0 Å². The Balaban J connectivity index is 1.74. The third-order valence-electron chi connectivity index (χ3n) is 4.27. The fourth-order valence-electron chi connectivity index (χ4n) is 2.95. The number of alkyl halides is 3. The summed E-state index contributed by atoms with van der Waals surface area (Å²) in [5.41, 5.74) is 2.61. The van der Waals surface area contributed by atoms with Crippen molar-refractivity contribution in [1.82, 2.24) is 25.1 Å². The van der Waals surface area contributed by atoms with Crippen molar-refractivity contribution in [1.29, 1.82) is 0 Å². The van der Waals surface area contributed by atoms with Crippen molar-refractivity contribution < 1.29 is 22.7 Å². The van der Waals surface area contributed by atoms with Crippen LogP contribution in [-0.4, -0.2) is 45.0 Å². The van der Waals surface area contributed by atoms with Crippen LogP contribution in [-0.2, 0) is 17.8 Å². The van der Waals surface area contributed by atoms with Gasteiger partial charge in [0.15, 0.2) is 6.61 Å². The van der Waals surface area contributed by atoms with E-state index in [0.717, 1.165) is 17.4 Å². The van der Waals surface area contributed by atoms with Gasteiger partial charge in [-0.15, -0.1) is 0 Å². The standard InChI is InChI=1S/C20H22F3N5O2/c1-3-5-25-18(29)8-17-15-11-28(27-16(15)4-6-24-17)10-14-7-13(2)19(26-9-14)30-12-20(21,22)23/h4,6-7,9,11H,3,5,8,10,12H2,1-2H3,(H,25,29). The van der Waals surface area contributed by atoms with E-state index in [-0.39, 0.29) is 18.2 Å². The number of aromatic nitrogens is 4. The van der Waals surface area contributed by atoms with Crippen molar-refractivity contribution in [2.45, 2.75) is 39.4 Å². The SMILES string of the molecule is CCCNC(=O)Cc1nccc2nn(Cc3cnc(OCC(F)(F)F)c(C)c3)cc12. The summed E-state index contributed by atoms with van der Waals surface area (Å²) in [6, 6.07) is 3.47. The summed E-state index contributed by atoms with van der Waals surface area (Å²) in [7, 11) is 0. The summed E-state index contributed by atoms with van der Waals surface area (Å²) >= 11 is 0. The van der Waals surface area contributed by atoms with Crippen LogP contribution in [0.15, 0.2) is 30.7 Å². The lowest BCUT2D eigenvalue weighted by Crippen LogP contribution is -2.26. The number of hydrogen-bond acceptors (Lipinski definition) is 5. The lowest BCUT2D eigenvalue weighted by Gasteiger charge is -2.11. The number of fused-ring (bicyclic) bond motifs is 1. The Bertz CT molecular complexity index is 1030. The molecule has 3 heterocycles. The molecule has 0 atom stereocenters. The summed E-state index contributed by atoms with van der Waals surface area (Å²) in [4.78, 5) is 20.3. The van der Waals surface area contributed by atoms with Crippen molar-refractivity contribution >= 4 is 16.8 Å². The van der Waals surface area contributed by atoms with E-state index >= 15 is 0 Å². The van der Waals surface area contributed by atoms with E-state index in [4.69, 9.17) is 4.74 Å². The van der Waals surface area contributed by atoms with Crippen LogP contribution in [0.3, 0.4) is 0 Å². The molecule has 0 saturated carbocycles. The van der Waals surface area contributed by atoms with Crippen molar-refractivity contribution in [3.8, 4) is 5.88 Å². The Hall–Kier alpha value is -3.17. The van der Waals surface area contributed by atoms with Gasteiger partial charge in [-0.05, 0) is 31.0 Å². The highest BCUT2D eigenvalue weighted by Crippen LogP contribution is 2.21. The Labute approximate surface area is 171 Å². The zero-order valence-corrected chi connectivity index (χ0v) is 16.7. The molecular weight excluding hydrogens is 399 g/mol. The van der Waals surface area contributed by atoms with Gasteiger partial charge in [-0.25, -0.2) is 4.98 Å². The van der Waals surface area contributed by atoms with Gasteiger partial charge in [0.25, 0.3) is 0 Å². The molecule has 3 aromatic rings. The first kappa shape index (κ1) is 21.5. The van der Waals surface area contributed by atoms with Gasteiger partial charge in [-0.2, -0.15) is 18.3 Å². The number of carbonyl (C=O) groups is 1. The number of amides is 1. The minimum Gasteiger partial charge on any atom is -0.468 e. The number of carbonyl (C=O) groups excluding carboxylic acids is 1. The summed E-state index contributed by atoms with van der Waals surface area (Å²) in [6.07, 6.45) is 1.47. The van der Waals surface area contributed by atoms with Crippen LogP contribution >= 0.6 is 0 Å². The van der Waals surface area contributed by atoms with E-state index in [1.54, 1.807) is 36.1 Å². The monoisotopic (exact) mass is 421 g/mol. The summed E-state index contributed by atoms with van der Waals surface area (Å²) in [6.45, 7) is 3.21. The number of nitrogens with one attached hydrogen (secondary N) is 1. The maximum atomic E-state index is 12.3. The number of nitrogens with zero attached hydrogens (tertiary/aromatic N) is 4. The molecule has 0 unspecified atom stereocenters. The van der Waals surface area contributed by atoms with E-state index in [0.29, 0.717) is 29.9 Å². The van der Waals surface area contributed by atoms with Gasteiger partial charge in [-0.1, -0.05) is 6.92 Å². The normalized spacial score (nSPS) is 11.6. The number of halogens is 3. The quantitative estimate of drug-likeness (QED) is 0.604. The largest absolute Gasteiger partial charge is 0.468 e. The number of rotatable bonds is 8. The van der Waals surface area contributed by atoms with E-state index in [1.807, 2.05) is 6.92 Å². The van der Waals surface area contributed by atoms with Crippen LogP contribution in [0.5, 0.6) is 5.88 Å². The Morgan fingerprint density at radius 1 is 1.30 bits per heavy atom. The molecule has 0 radical (unpaired) electrons. The predicted molar refractivity (Wildman–Crippen MR) is 104 cm³/mol. The zero-order valence-electron chi connectivity index (χ0n) is 16.7. The average molecular weight is 421 g/mol. The fourth-order valence-corrected chi connectivity index (χ4v) is 2.95. The summed E-state index contributed by atoms with van der Waals surface area (Å²) < 4.78 is 43.4. The maximum absolute atomic E-state index is 12.3. The second kappa shape index (κ2) is 9.10. The first-order valence-corrected chi connectivity index (χ1v) is 9.48. The number of ether oxygens (including phenoxy) is 1. The lowest BCUT2D eigenvalue weighted by molar-refractivity contribution is -0.154. The predicted octanol–water partition coefficient (Wildman–Crippen LogP) is 3.19. The van der Waals surface area contributed by atoms with Crippen LogP contribution in [0.4, 0.5) is 13.2 Å². The molecule has 30 heavy (non-hydrogen) atoms. The summed E-state index contributed by atoms with van der Waals surface area (Å²) in [5, 5.41) is 8.10. The molecule has 0 bridgehead atoms. The molecule has 0 aliphatic carbocycles. The van der Waals surface area contributed by atoms with Crippen molar-refractivity contribution in [2.24, 2.45) is 0 Å². The van der Waals surface area contributed by atoms with Crippen LogP contribution in [0.2, 0.25) is 0 Å². The number of aryl methyl sites for hydroxylation is 1. The Kier molecular flexibility index (Phi) is 6.53. The maximum Gasteiger partial charge on any atom is 0.422 e. The second-order valence-corrected chi connectivity index (χ2v) is 6.91. The highest BCUT2D eigenvalue weighted by molar-refractivity contribution is 5.86. The van der Waals surface area contributed by atoms with Gasteiger partial charge in [0.1, 0.15) is 0 Å². The fraction of sp³-hybridized carbons (Fsp3) is 0.400. The van der Waals surface area contributed by atoms with E-state index in [2.05, 4.69) is 20.4 Å². The first-order valence-electron chi connectivity index (χ1n) is 9.48. The molecule has 7 nitrogen and oxygen atoms in total. The average Bonchev–Trinajstić information content (AvgIpc) is 3.08. The van der Waals surface area contributed by atoms with Crippen molar-refractivity contribution in [3.63, 3.8) is 0 Å².